The van der Waals surface area contributed by atoms with Crippen LogP contribution in [0.1, 0.15) is 16.7 Å². The largest absolute Gasteiger partial charge is 0.465 e. The van der Waals surface area contributed by atoms with Gasteiger partial charge >= 0.3 is 12.3 Å². The summed E-state index contributed by atoms with van der Waals surface area (Å²) in [5, 5.41) is 10.9. The van der Waals surface area contributed by atoms with Gasteiger partial charge in [-0.3, -0.25) is 5.32 Å². The summed E-state index contributed by atoms with van der Waals surface area (Å²) in [5.74, 6) is 0. The predicted molar refractivity (Wildman–Crippen MR) is 83.8 cm³/mol. The van der Waals surface area contributed by atoms with E-state index in [9.17, 15) is 18.0 Å². The summed E-state index contributed by atoms with van der Waals surface area (Å²) in [6.45, 7) is 0.809. The molecule has 5 nitrogen and oxygen atoms in total. The molecule has 0 fully saturated rings. The van der Waals surface area contributed by atoms with E-state index in [1.807, 2.05) is 4.90 Å². The number of nitrogens with zero attached hydrogens (tertiary/aromatic N) is 1. The van der Waals surface area contributed by atoms with Crippen molar-refractivity contribution >= 4 is 23.2 Å². The minimum Gasteiger partial charge on any atom is -0.465 e. The number of rotatable bonds is 2. The van der Waals surface area contributed by atoms with E-state index in [0.29, 0.717) is 24.3 Å². The molecule has 3 rings (SSSR count). The molecule has 0 aromatic heterocycles. The minimum absolute atomic E-state index is 0.252. The smallest absolute Gasteiger partial charge is 0.416 e. The summed E-state index contributed by atoms with van der Waals surface area (Å²) in [6.07, 6.45) is -5.58. The summed E-state index contributed by atoms with van der Waals surface area (Å²) < 4.78 is 38.4. The molecule has 1 amide bonds. The molecule has 1 heterocycles. The maximum Gasteiger partial charge on any atom is 0.416 e. The number of anilines is 3. The molecule has 0 unspecified atom stereocenters. The van der Waals surface area contributed by atoms with Gasteiger partial charge in [0.1, 0.15) is 0 Å². The number of halogens is 3. The van der Waals surface area contributed by atoms with E-state index in [4.69, 9.17) is 10.8 Å². The highest BCUT2D eigenvalue weighted by atomic mass is 19.4. The number of carbonyl (C=O) groups is 1. The Kier molecular flexibility index (Phi) is 3.75. The summed E-state index contributed by atoms with van der Waals surface area (Å²) >= 11 is 0. The standard InChI is InChI=1S/C16H14F3N3O2/c17-16(18,19)11-2-1-9-7-22(8-10(9)5-11)12-3-4-14(13(20)6-12)21-15(23)24/h1-6,21H,7-8,20H2,(H,23,24). The number of alkyl halides is 3. The lowest BCUT2D eigenvalue weighted by atomic mass is 10.1. The highest BCUT2D eigenvalue weighted by Crippen LogP contribution is 2.35. The Balaban J connectivity index is 1.83. The van der Waals surface area contributed by atoms with Crippen LogP contribution in [0.15, 0.2) is 36.4 Å². The Morgan fingerprint density at radius 2 is 1.83 bits per heavy atom. The van der Waals surface area contributed by atoms with Gasteiger partial charge in [0.25, 0.3) is 0 Å². The molecule has 0 atom stereocenters. The third kappa shape index (κ3) is 3.08. The van der Waals surface area contributed by atoms with Crippen LogP contribution in [0, 0.1) is 0 Å². The SMILES string of the molecule is Nc1cc(N2Cc3ccc(C(F)(F)F)cc3C2)ccc1NC(=O)O. The Hall–Kier alpha value is -2.90. The summed E-state index contributed by atoms with van der Waals surface area (Å²) in [6, 6.07) is 8.54. The zero-order chi connectivity index (χ0) is 17.5. The normalized spacial score (nSPS) is 13.7. The lowest BCUT2D eigenvalue weighted by Gasteiger charge is -2.19. The second-order valence-electron chi connectivity index (χ2n) is 5.54. The van der Waals surface area contributed by atoms with Crippen molar-refractivity contribution in [2.45, 2.75) is 19.3 Å². The molecule has 1 aliphatic heterocycles. The van der Waals surface area contributed by atoms with Gasteiger partial charge < -0.3 is 15.7 Å². The third-order valence-electron chi connectivity index (χ3n) is 3.90. The maximum absolute atomic E-state index is 12.8. The Labute approximate surface area is 135 Å². The third-order valence-corrected chi connectivity index (χ3v) is 3.90. The predicted octanol–water partition coefficient (Wildman–Crippen LogP) is 3.90. The van der Waals surface area contributed by atoms with Crippen molar-refractivity contribution in [2.24, 2.45) is 0 Å². The minimum atomic E-state index is -4.36. The van der Waals surface area contributed by atoms with Crippen LogP contribution in [0.3, 0.4) is 0 Å². The first-order chi connectivity index (χ1) is 11.2. The van der Waals surface area contributed by atoms with Crippen LogP contribution < -0.4 is 16.0 Å². The lowest BCUT2D eigenvalue weighted by Crippen LogP contribution is -2.15. The zero-order valence-electron chi connectivity index (χ0n) is 12.4. The molecular formula is C16H14F3N3O2. The molecule has 126 valence electrons. The molecule has 2 aromatic carbocycles. The zero-order valence-corrected chi connectivity index (χ0v) is 12.4. The van der Waals surface area contributed by atoms with E-state index >= 15 is 0 Å². The number of carboxylic acid groups (broad SMARTS) is 1. The van der Waals surface area contributed by atoms with Crippen molar-refractivity contribution in [3.63, 3.8) is 0 Å². The fourth-order valence-electron chi connectivity index (χ4n) is 2.73. The Morgan fingerprint density at radius 1 is 1.12 bits per heavy atom. The van der Waals surface area contributed by atoms with Crippen LogP contribution in [0.4, 0.5) is 35.0 Å². The molecule has 24 heavy (non-hydrogen) atoms. The number of hydrogen-bond acceptors (Lipinski definition) is 3. The lowest BCUT2D eigenvalue weighted by molar-refractivity contribution is -0.137. The van der Waals surface area contributed by atoms with E-state index in [1.165, 1.54) is 18.2 Å². The first-order valence-corrected chi connectivity index (χ1v) is 7.07. The van der Waals surface area contributed by atoms with Gasteiger partial charge in [-0.1, -0.05) is 6.07 Å². The van der Waals surface area contributed by atoms with Gasteiger partial charge in [-0.05, 0) is 41.5 Å². The molecule has 0 radical (unpaired) electrons. The van der Waals surface area contributed by atoms with E-state index in [-0.39, 0.29) is 11.4 Å². The van der Waals surface area contributed by atoms with Crippen molar-refractivity contribution < 1.29 is 23.1 Å². The number of amides is 1. The van der Waals surface area contributed by atoms with Crippen molar-refractivity contribution in [1.29, 1.82) is 0 Å². The van der Waals surface area contributed by atoms with E-state index < -0.39 is 17.8 Å². The molecule has 1 aliphatic rings. The van der Waals surface area contributed by atoms with Crippen molar-refractivity contribution in [1.82, 2.24) is 0 Å². The molecule has 2 aromatic rings. The van der Waals surface area contributed by atoms with E-state index in [2.05, 4.69) is 5.32 Å². The van der Waals surface area contributed by atoms with Crippen LogP contribution in [-0.2, 0) is 19.3 Å². The second-order valence-corrected chi connectivity index (χ2v) is 5.54. The average molecular weight is 337 g/mol. The van der Waals surface area contributed by atoms with Crippen LogP contribution in [0.5, 0.6) is 0 Å². The van der Waals surface area contributed by atoms with Crippen LogP contribution in [0.2, 0.25) is 0 Å². The van der Waals surface area contributed by atoms with Crippen LogP contribution in [0.25, 0.3) is 0 Å². The van der Waals surface area contributed by atoms with Gasteiger partial charge in [0.2, 0.25) is 0 Å². The van der Waals surface area contributed by atoms with Crippen molar-refractivity contribution in [3.05, 3.63) is 53.1 Å². The van der Waals surface area contributed by atoms with Gasteiger partial charge in [-0.15, -0.1) is 0 Å². The van der Waals surface area contributed by atoms with Crippen molar-refractivity contribution in [3.8, 4) is 0 Å². The quantitative estimate of drug-likeness (QED) is 0.726. The number of nitrogens with one attached hydrogen (secondary N) is 1. The highest BCUT2D eigenvalue weighted by Gasteiger charge is 2.32. The molecule has 0 bridgehead atoms. The average Bonchev–Trinajstić information content (AvgIpc) is 2.91. The molecule has 0 spiro atoms. The first-order valence-electron chi connectivity index (χ1n) is 7.07. The molecule has 8 heteroatoms. The summed E-state index contributed by atoms with van der Waals surface area (Å²) in [5.41, 5.74) is 7.84. The Morgan fingerprint density at radius 3 is 2.46 bits per heavy atom. The molecular weight excluding hydrogens is 323 g/mol. The number of nitrogens with two attached hydrogens (primary N) is 1. The van der Waals surface area contributed by atoms with Gasteiger partial charge in [0.05, 0.1) is 16.9 Å². The summed E-state index contributed by atoms with van der Waals surface area (Å²) in [7, 11) is 0. The first kappa shape index (κ1) is 16.0. The second kappa shape index (κ2) is 5.63. The number of hydrogen-bond donors (Lipinski definition) is 3. The fourth-order valence-corrected chi connectivity index (χ4v) is 2.73. The number of fused-ring (bicyclic) bond motifs is 1. The molecule has 0 saturated carbocycles. The van der Waals surface area contributed by atoms with Gasteiger partial charge in [-0.25, -0.2) is 4.79 Å². The highest BCUT2D eigenvalue weighted by molar-refractivity contribution is 5.88. The monoisotopic (exact) mass is 337 g/mol. The van der Waals surface area contributed by atoms with E-state index in [1.54, 1.807) is 12.1 Å². The molecule has 0 aliphatic carbocycles. The van der Waals surface area contributed by atoms with Gasteiger partial charge in [-0.2, -0.15) is 13.2 Å². The fraction of sp³-hybridized carbons (Fsp3) is 0.188. The molecule has 4 N–H and O–H groups in total. The van der Waals surface area contributed by atoms with Crippen molar-refractivity contribution in [2.75, 3.05) is 16.0 Å². The topological polar surface area (TPSA) is 78.6 Å². The maximum atomic E-state index is 12.8. The number of nitrogen functional groups attached to an aromatic ring is 1. The number of benzene rings is 2. The van der Waals surface area contributed by atoms with Crippen LogP contribution >= 0.6 is 0 Å². The van der Waals surface area contributed by atoms with Gasteiger partial charge in [0, 0.05) is 18.8 Å². The Bertz CT molecular complexity index is 806. The van der Waals surface area contributed by atoms with Gasteiger partial charge in [0.15, 0.2) is 0 Å². The van der Waals surface area contributed by atoms with E-state index in [0.717, 1.165) is 11.6 Å². The molecule has 0 saturated heterocycles. The summed E-state index contributed by atoms with van der Waals surface area (Å²) in [4.78, 5) is 12.5. The van der Waals surface area contributed by atoms with Crippen LogP contribution in [-0.4, -0.2) is 11.2 Å².